The smallest absolute Gasteiger partial charge is 0.189 e. The number of likely N-dealkylation sites (N-methyl/N-ethyl adjacent to an activating group) is 1. The summed E-state index contributed by atoms with van der Waals surface area (Å²) in [6.07, 6.45) is 9.09. The maximum absolute atomic E-state index is 12.8. The monoisotopic (exact) mass is 484 g/mol. The number of halogens is 1. The molecule has 0 aromatic heterocycles. The van der Waals surface area contributed by atoms with Crippen LogP contribution in [-0.4, -0.2) is 69.1 Å². The van der Waals surface area contributed by atoms with Crippen molar-refractivity contribution in [2.75, 3.05) is 53.5 Å². The summed E-state index contributed by atoms with van der Waals surface area (Å²) in [6.45, 7) is 6.55. The SMILES string of the molecule is COc1ccc(C(=O)C=Cc2ccccc2Cl)c(OCCCCCCCN2CCN(C)CC2)c1. The zero-order valence-corrected chi connectivity index (χ0v) is 21.2. The van der Waals surface area contributed by atoms with E-state index in [1.165, 1.54) is 58.1 Å². The van der Waals surface area contributed by atoms with E-state index in [9.17, 15) is 4.79 Å². The van der Waals surface area contributed by atoms with Crippen molar-refractivity contribution in [2.45, 2.75) is 32.1 Å². The fraction of sp³-hybridized carbons (Fsp3) is 0.464. The largest absolute Gasteiger partial charge is 0.497 e. The van der Waals surface area contributed by atoms with Gasteiger partial charge in [0, 0.05) is 37.3 Å². The second kappa shape index (κ2) is 14.1. The minimum atomic E-state index is -0.124. The van der Waals surface area contributed by atoms with Crippen LogP contribution in [0.15, 0.2) is 48.5 Å². The highest BCUT2D eigenvalue weighted by atomic mass is 35.5. The number of benzene rings is 2. The van der Waals surface area contributed by atoms with E-state index in [4.69, 9.17) is 21.1 Å². The number of ketones is 1. The van der Waals surface area contributed by atoms with Crippen molar-refractivity contribution >= 4 is 23.5 Å². The van der Waals surface area contributed by atoms with Crippen LogP contribution >= 0.6 is 11.6 Å². The number of piperazine rings is 1. The van der Waals surface area contributed by atoms with Crippen LogP contribution in [0.4, 0.5) is 0 Å². The van der Waals surface area contributed by atoms with Gasteiger partial charge in [0.15, 0.2) is 5.78 Å². The maximum Gasteiger partial charge on any atom is 0.189 e. The Hall–Kier alpha value is -2.34. The van der Waals surface area contributed by atoms with Crippen LogP contribution in [0.2, 0.25) is 5.02 Å². The molecule has 184 valence electrons. The zero-order chi connectivity index (χ0) is 24.2. The second-order valence-corrected chi connectivity index (χ2v) is 9.25. The molecule has 3 rings (SSSR count). The Balaban J connectivity index is 1.43. The number of nitrogens with zero attached hydrogens (tertiary/aromatic N) is 2. The van der Waals surface area contributed by atoms with Crippen LogP contribution in [0.5, 0.6) is 11.5 Å². The van der Waals surface area contributed by atoms with Crippen molar-refractivity contribution in [3.63, 3.8) is 0 Å². The number of carbonyl (C=O) groups is 1. The molecule has 0 atom stereocenters. The van der Waals surface area contributed by atoms with Crippen molar-refractivity contribution in [1.29, 1.82) is 0 Å². The van der Waals surface area contributed by atoms with E-state index in [1.807, 2.05) is 18.2 Å². The number of methoxy groups -OCH3 is 1. The van der Waals surface area contributed by atoms with Crippen LogP contribution in [0.25, 0.3) is 6.08 Å². The number of ether oxygens (including phenoxy) is 2. The average molecular weight is 485 g/mol. The minimum Gasteiger partial charge on any atom is -0.497 e. The Kier molecular flexibility index (Phi) is 10.9. The number of hydrogen-bond acceptors (Lipinski definition) is 5. The molecule has 0 spiro atoms. The van der Waals surface area contributed by atoms with Gasteiger partial charge in [-0.05, 0) is 62.3 Å². The molecule has 1 aliphatic heterocycles. The molecule has 0 N–H and O–H groups in total. The Morgan fingerprint density at radius 2 is 1.74 bits per heavy atom. The normalized spacial score (nSPS) is 15.0. The molecule has 0 unspecified atom stereocenters. The van der Waals surface area contributed by atoms with E-state index in [1.54, 1.807) is 37.5 Å². The summed E-state index contributed by atoms with van der Waals surface area (Å²) in [5.41, 5.74) is 1.33. The number of carbonyl (C=O) groups excluding carboxylic acids is 1. The topological polar surface area (TPSA) is 42.0 Å². The lowest BCUT2D eigenvalue weighted by Crippen LogP contribution is -2.44. The standard InChI is InChI=1S/C28H37ClN2O3/c1-30-17-19-31(20-18-30)16-8-4-3-5-9-21-34-28-22-24(33-2)13-14-25(28)27(32)15-12-23-10-6-7-11-26(23)29/h6-7,10-15,22H,3-5,8-9,16-21H2,1-2H3. The first-order valence-corrected chi connectivity index (χ1v) is 12.6. The molecule has 0 bridgehead atoms. The maximum atomic E-state index is 12.8. The van der Waals surface area contributed by atoms with Gasteiger partial charge in [0.1, 0.15) is 11.5 Å². The summed E-state index contributed by atoms with van der Waals surface area (Å²) in [7, 11) is 3.81. The molecule has 2 aromatic carbocycles. The molecule has 6 heteroatoms. The first-order chi connectivity index (χ1) is 16.6. The molecule has 34 heavy (non-hydrogen) atoms. The number of unbranched alkanes of at least 4 members (excludes halogenated alkanes) is 4. The van der Waals surface area contributed by atoms with E-state index in [-0.39, 0.29) is 5.78 Å². The van der Waals surface area contributed by atoms with Crippen LogP contribution in [-0.2, 0) is 0 Å². The van der Waals surface area contributed by atoms with Crippen molar-refractivity contribution in [3.8, 4) is 11.5 Å². The molecule has 1 saturated heterocycles. The molecule has 2 aromatic rings. The van der Waals surface area contributed by atoms with Gasteiger partial charge >= 0.3 is 0 Å². The van der Waals surface area contributed by atoms with Crippen molar-refractivity contribution in [2.24, 2.45) is 0 Å². The molecule has 0 radical (unpaired) electrons. The first kappa shape index (κ1) is 26.3. The summed E-state index contributed by atoms with van der Waals surface area (Å²) in [6, 6.07) is 12.8. The van der Waals surface area contributed by atoms with Gasteiger partial charge in [-0.3, -0.25) is 4.79 Å². The molecular weight excluding hydrogens is 448 g/mol. The third-order valence-corrected chi connectivity index (χ3v) is 6.59. The third-order valence-electron chi connectivity index (χ3n) is 6.25. The molecule has 1 heterocycles. The molecule has 1 aliphatic rings. The van der Waals surface area contributed by atoms with Crippen LogP contribution < -0.4 is 9.47 Å². The van der Waals surface area contributed by atoms with Crippen molar-refractivity contribution in [3.05, 3.63) is 64.7 Å². The molecule has 1 fully saturated rings. The molecular formula is C28H37ClN2O3. The van der Waals surface area contributed by atoms with Gasteiger partial charge in [-0.15, -0.1) is 0 Å². The fourth-order valence-corrected chi connectivity index (χ4v) is 4.24. The summed E-state index contributed by atoms with van der Waals surface area (Å²) in [5.74, 6) is 1.11. The highest BCUT2D eigenvalue weighted by Crippen LogP contribution is 2.26. The fourth-order valence-electron chi connectivity index (χ4n) is 4.04. The lowest BCUT2D eigenvalue weighted by molar-refractivity contribution is 0.104. The van der Waals surface area contributed by atoms with Crippen molar-refractivity contribution < 1.29 is 14.3 Å². The molecule has 0 saturated carbocycles. The average Bonchev–Trinajstić information content (AvgIpc) is 2.86. The van der Waals surface area contributed by atoms with Gasteiger partial charge in [0.05, 0.1) is 19.3 Å². The van der Waals surface area contributed by atoms with Gasteiger partial charge in [-0.2, -0.15) is 0 Å². The Morgan fingerprint density at radius 3 is 2.50 bits per heavy atom. The van der Waals surface area contributed by atoms with Crippen LogP contribution in [0.1, 0.15) is 48.0 Å². The van der Waals surface area contributed by atoms with Crippen LogP contribution in [0, 0.1) is 0 Å². The van der Waals surface area contributed by atoms with E-state index in [0.717, 1.165) is 18.4 Å². The zero-order valence-electron chi connectivity index (χ0n) is 20.5. The number of allylic oxidation sites excluding steroid dienone is 1. The Labute approximate surface area is 209 Å². The second-order valence-electron chi connectivity index (χ2n) is 8.84. The lowest BCUT2D eigenvalue weighted by Gasteiger charge is -2.32. The molecule has 0 amide bonds. The van der Waals surface area contributed by atoms with E-state index < -0.39 is 0 Å². The Bertz CT molecular complexity index is 939. The first-order valence-electron chi connectivity index (χ1n) is 12.3. The van der Waals surface area contributed by atoms with Crippen molar-refractivity contribution in [1.82, 2.24) is 9.80 Å². The molecule has 5 nitrogen and oxygen atoms in total. The predicted octanol–water partition coefficient (Wildman–Crippen LogP) is 5.82. The molecule has 0 aliphatic carbocycles. The van der Waals surface area contributed by atoms with Gasteiger partial charge in [0.25, 0.3) is 0 Å². The lowest BCUT2D eigenvalue weighted by atomic mass is 10.1. The summed E-state index contributed by atoms with van der Waals surface area (Å²) < 4.78 is 11.3. The highest BCUT2D eigenvalue weighted by Gasteiger charge is 2.13. The van der Waals surface area contributed by atoms with E-state index in [0.29, 0.717) is 28.7 Å². The number of rotatable bonds is 13. The summed E-state index contributed by atoms with van der Waals surface area (Å²) in [4.78, 5) is 17.8. The van der Waals surface area contributed by atoms with Gasteiger partial charge in [-0.25, -0.2) is 0 Å². The third kappa shape index (κ3) is 8.46. The highest BCUT2D eigenvalue weighted by molar-refractivity contribution is 6.32. The van der Waals surface area contributed by atoms with E-state index >= 15 is 0 Å². The van der Waals surface area contributed by atoms with Gasteiger partial charge in [-0.1, -0.05) is 49.1 Å². The quantitative estimate of drug-likeness (QED) is 0.203. The van der Waals surface area contributed by atoms with E-state index in [2.05, 4.69) is 16.8 Å². The summed E-state index contributed by atoms with van der Waals surface area (Å²) >= 11 is 6.19. The van der Waals surface area contributed by atoms with Crippen LogP contribution in [0.3, 0.4) is 0 Å². The van der Waals surface area contributed by atoms with Gasteiger partial charge in [0.2, 0.25) is 0 Å². The van der Waals surface area contributed by atoms with Gasteiger partial charge < -0.3 is 19.3 Å². The summed E-state index contributed by atoms with van der Waals surface area (Å²) in [5, 5.41) is 0.612. The predicted molar refractivity (Wildman–Crippen MR) is 140 cm³/mol. The number of hydrogen-bond donors (Lipinski definition) is 0. The Morgan fingerprint density at radius 1 is 1.00 bits per heavy atom. The minimum absolute atomic E-state index is 0.124.